The van der Waals surface area contributed by atoms with Gasteiger partial charge >= 0.3 is 0 Å². The summed E-state index contributed by atoms with van der Waals surface area (Å²) in [6.07, 6.45) is 3.47. The Morgan fingerprint density at radius 2 is 2.04 bits per heavy atom. The van der Waals surface area contributed by atoms with Gasteiger partial charge in [0.25, 0.3) is 0 Å². The molecule has 1 fully saturated rings. The van der Waals surface area contributed by atoms with Gasteiger partial charge in [0.15, 0.2) is 0 Å². The van der Waals surface area contributed by atoms with Gasteiger partial charge in [-0.25, -0.2) is 0 Å². The molecule has 1 aliphatic heterocycles. The molecule has 0 spiro atoms. The summed E-state index contributed by atoms with van der Waals surface area (Å²) in [5, 5.41) is 10.6. The highest BCUT2D eigenvalue weighted by atomic mass is 16.5. The average Bonchev–Trinajstić information content (AvgIpc) is 2.99. The van der Waals surface area contributed by atoms with Gasteiger partial charge in [0, 0.05) is 52.5 Å². The Bertz CT molecular complexity index is 606. The van der Waals surface area contributed by atoms with Gasteiger partial charge in [-0.3, -0.25) is 14.3 Å². The van der Waals surface area contributed by atoms with E-state index in [1.165, 1.54) is 0 Å². The number of methoxy groups -OCH3 is 1. The van der Waals surface area contributed by atoms with E-state index in [-0.39, 0.29) is 11.8 Å². The van der Waals surface area contributed by atoms with Crippen LogP contribution in [0.2, 0.25) is 0 Å². The second kappa shape index (κ2) is 9.02. The fraction of sp³-hybridized carbons (Fsp3) is 0.722. The molecule has 1 aliphatic rings. The van der Waals surface area contributed by atoms with Crippen molar-refractivity contribution < 1.29 is 14.3 Å². The van der Waals surface area contributed by atoms with Crippen LogP contribution < -0.4 is 10.6 Å². The van der Waals surface area contributed by atoms with Crippen LogP contribution in [0.25, 0.3) is 0 Å². The smallest absolute Gasteiger partial charge is 0.245 e. The second-order valence-electron chi connectivity index (χ2n) is 7.31. The summed E-state index contributed by atoms with van der Waals surface area (Å²) in [5.41, 5.74) is -0.767. The summed E-state index contributed by atoms with van der Waals surface area (Å²) < 4.78 is 6.71. The molecule has 0 bridgehead atoms. The minimum Gasteiger partial charge on any atom is -0.383 e. The zero-order valence-corrected chi connectivity index (χ0v) is 16.2. The lowest BCUT2D eigenvalue weighted by Crippen LogP contribution is -2.59. The van der Waals surface area contributed by atoms with Crippen molar-refractivity contribution in [1.29, 1.82) is 0 Å². The summed E-state index contributed by atoms with van der Waals surface area (Å²) >= 11 is 0. The van der Waals surface area contributed by atoms with Gasteiger partial charge in [0.2, 0.25) is 11.8 Å². The van der Waals surface area contributed by atoms with Crippen LogP contribution in [0.3, 0.4) is 0 Å². The molecule has 0 saturated carbocycles. The highest BCUT2D eigenvalue weighted by Crippen LogP contribution is 2.27. The predicted octanol–water partition coefficient (Wildman–Crippen LogP) is 1.00. The summed E-state index contributed by atoms with van der Waals surface area (Å²) in [6.45, 7) is 6.11. The van der Waals surface area contributed by atoms with Crippen molar-refractivity contribution in [3.8, 4) is 0 Å². The minimum absolute atomic E-state index is 0.0730. The number of carbonyl (C=O) groups is 2. The lowest BCUT2D eigenvalue weighted by Gasteiger charge is -2.41. The van der Waals surface area contributed by atoms with Gasteiger partial charge in [-0.1, -0.05) is 13.8 Å². The molecular formula is C18H31N5O3. The van der Waals surface area contributed by atoms with E-state index >= 15 is 0 Å². The van der Waals surface area contributed by atoms with Crippen molar-refractivity contribution in [2.24, 2.45) is 13.0 Å². The fourth-order valence-electron chi connectivity index (χ4n) is 3.19. The SMILES string of the molecule is COCCNC(=O)C1(Nc2ccn(C)n2)CCN(C(=O)CC(C)C)CC1. The van der Waals surface area contributed by atoms with Crippen LogP contribution in [-0.4, -0.2) is 65.4 Å². The lowest BCUT2D eigenvalue weighted by molar-refractivity contribution is -0.136. The Hall–Kier alpha value is -2.09. The van der Waals surface area contributed by atoms with Crippen molar-refractivity contribution in [3.63, 3.8) is 0 Å². The Kier molecular flexibility index (Phi) is 7.02. The summed E-state index contributed by atoms with van der Waals surface area (Å²) in [6, 6.07) is 1.85. The van der Waals surface area contributed by atoms with Gasteiger partial charge in [-0.05, 0) is 18.8 Å². The second-order valence-corrected chi connectivity index (χ2v) is 7.31. The number of ether oxygens (including phenoxy) is 1. The van der Waals surface area contributed by atoms with Crippen LogP contribution in [0, 0.1) is 5.92 Å². The molecule has 0 aliphatic carbocycles. The first-order chi connectivity index (χ1) is 12.4. The van der Waals surface area contributed by atoms with Crippen molar-refractivity contribution in [2.45, 2.75) is 38.6 Å². The topological polar surface area (TPSA) is 88.5 Å². The molecule has 26 heavy (non-hydrogen) atoms. The first-order valence-corrected chi connectivity index (χ1v) is 9.19. The predicted molar refractivity (Wildman–Crippen MR) is 99.7 cm³/mol. The van der Waals surface area contributed by atoms with Crippen LogP contribution in [0.15, 0.2) is 12.3 Å². The van der Waals surface area contributed by atoms with Crippen LogP contribution in [0.5, 0.6) is 0 Å². The van der Waals surface area contributed by atoms with Crippen molar-refractivity contribution in [2.75, 3.05) is 38.7 Å². The molecular weight excluding hydrogens is 334 g/mol. The first-order valence-electron chi connectivity index (χ1n) is 9.19. The van der Waals surface area contributed by atoms with Gasteiger partial charge in [0.1, 0.15) is 11.4 Å². The molecule has 8 heteroatoms. The van der Waals surface area contributed by atoms with E-state index in [1.807, 2.05) is 38.1 Å². The molecule has 0 aromatic carbocycles. The zero-order valence-electron chi connectivity index (χ0n) is 16.2. The van der Waals surface area contributed by atoms with Crippen LogP contribution >= 0.6 is 0 Å². The third-order valence-electron chi connectivity index (χ3n) is 4.66. The van der Waals surface area contributed by atoms with Crippen molar-refractivity contribution in [1.82, 2.24) is 20.0 Å². The molecule has 8 nitrogen and oxygen atoms in total. The maximum absolute atomic E-state index is 12.9. The summed E-state index contributed by atoms with van der Waals surface area (Å²) in [4.78, 5) is 27.1. The minimum atomic E-state index is -0.767. The molecule has 2 N–H and O–H groups in total. The van der Waals surface area contributed by atoms with Gasteiger partial charge in [-0.2, -0.15) is 5.10 Å². The zero-order chi connectivity index (χ0) is 19.2. The normalized spacial score (nSPS) is 16.6. The van der Waals surface area contributed by atoms with Crippen molar-refractivity contribution >= 4 is 17.6 Å². The lowest BCUT2D eigenvalue weighted by atomic mass is 9.86. The maximum atomic E-state index is 12.9. The number of nitrogens with zero attached hydrogens (tertiary/aromatic N) is 3. The number of rotatable bonds is 8. The first kappa shape index (κ1) is 20.2. The number of carbonyl (C=O) groups excluding carboxylic acids is 2. The van der Waals surface area contributed by atoms with E-state index in [4.69, 9.17) is 4.74 Å². The molecule has 1 aromatic heterocycles. The van der Waals surface area contributed by atoms with E-state index in [9.17, 15) is 9.59 Å². The number of piperidine rings is 1. The fourth-order valence-corrected chi connectivity index (χ4v) is 3.19. The Morgan fingerprint density at radius 3 is 2.58 bits per heavy atom. The maximum Gasteiger partial charge on any atom is 0.245 e. The van der Waals surface area contributed by atoms with Gasteiger partial charge in [-0.15, -0.1) is 0 Å². The van der Waals surface area contributed by atoms with Crippen LogP contribution in [0.1, 0.15) is 33.1 Å². The van der Waals surface area contributed by atoms with Crippen molar-refractivity contribution in [3.05, 3.63) is 12.3 Å². The standard InChI is InChI=1S/C18H31N5O3/c1-14(2)13-16(24)23-10-6-18(7-11-23,17(25)19-8-12-26-4)20-15-5-9-22(3)21-15/h5,9,14H,6-8,10-13H2,1-4H3,(H,19,25)(H,20,21). The Labute approximate surface area is 155 Å². The van der Waals surface area contributed by atoms with E-state index < -0.39 is 5.54 Å². The summed E-state index contributed by atoms with van der Waals surface area (Å²) in [5.74, 6) is 1.08. The largest absolute Gasteiger partial charge is 0.383 e. The molecule has 0 atom stereocenters. The number of hydrogen-bond acceptors (Lipinski definition) is 5. The average molecular weight is 365 g/mol. The Morgan fingerprint density at radius 1 is 1.35 bits per heavy atom. The van der Waals surface area contributed by atoms with E-state index in [0.29, 0.717) is 57.2 Å². The molecule has 2 heterocycles. The molecule has 1 saturated heterocycles. The number of hydrogen-bond donors (Lipinski definition) is 2. The highest BCUT2D eigenvalue weighted by molar-refractivity contribution is 5.89. The number of anilines is 1. The molecule has 2 amide bonds. The van der Waals surface area contributed by atoms with Gasteiger partial charge < -0.3 is 20.3 Å². The molecule has 2 rings (SSSR count). The van der Waals surface area contributed by atoms with Gasteiger partial charge in [0.05, 0.1) is 6.61 Å². The summed E-state index contributed by atoms with van der Waals surface area (Å²) in [7, 11) is 3.44. The van der Waals surface area contributed by atoms with Crippen LogP contribution in [-0.2, 0) is 21.4 Å². The molecule has 0 unspecified atom stereocenters. The quantitative estimate of drug-likeness (QED) is 0.671. The highest BCUT2D eigenvalue weighted by Gasteiger charge is 2.42. The number of amides is 2. The number of likely N-dealkylation sites (tertiary alicyclic amines) is 1. The monoisotopic (exact) mass is 365 g/mol. The number of aryl methyl sites for hydroxylation is 1. The van der Waals surface area contributed by atoms with E-state index in [1.54, 1.807) is 11.8 Å². The third-order valence-corrected chi connectivity index (χ3v) is 4.66. The number of aromatic nitrogens is 2. The molecule has 0 radical (unpaired) electrons. The number of nitrogens with one attached hydrogen (secondary N) is 2. The Balaban J connectivity index is 2.07. The van der Waals surface area contributed by atoms with E-state index in [2.05, 4.69) is 15.7 Å². The van der Waals surface area contributed by atoms with Crippen LogP contribution in [0.4, 0.5) is 5.82 Å². The molecule has 146 valence electrons. The van der Waals surface area contributed by atoms with E-state index in [0.717, 1.165) is 0 Å². The molecule has 1 aromatic rings. The third kappa shape index (κ3) is 5.20.